The minimum absolute atomic E-state index is 0.0740. The summed E-state index contributed by atoms with van der Waals surface area (Å²) in [6.45, 7) is 1.92. The topological polar surface area (TPSA) is 69.3 Å². The van der Waals surface area contributed by atoms with E-state index in [9.17, 15) is 22.4 Å². The number of benzene rings is 3. The molecule has 1 aliphatic heterocycles. The SMILES string of the molecule is COc1ccccc1COCCCOc1ccc(N2C(=O)CNCC2COCc2ccc(F)c(C(F)(F)F)c2)cc1. The predicted molar refractivity (Wildman–Crippen MR) is 144 cm³/mol. The van der Waals surface area contributed by atoms with E-state index in [1.807, 2.05) is 24.3 Å². The summed E-state index contributed by atoms with van der Waals surface area (Å²) in [7, 11) is 1.62. The van der Waals surface area contributed by atoms with Crippen molar-refractivity contribution < 1.29 is 41.3 Å². The third-order valence-corrected chi connectivity index (χ3v) is 6.47. The summed E-state index contributed by atoms with van der Waals surface area (Å²) < 4.78 is 75.1. The van der Waals surface area contributed by atoms with E-state index in [-0.39, 0.29) is 37.3 Å². The first-order valence-corrected chi connectivity index (χ1v) is 13.1. The number of carbonyl (C=O) groups is 1. The van der Waals surface area contributed by atoms with Crippen molar-refractivity contribution in [2.24, 2.45) is 0 Å². The molecule has 0 spiro atoms. The Bertz CT molecular complexity index is 1290. The second-order valence-electron chi connectivity index (χ2n) is 9.44. The lowest BCUT2D eigenvalue weighted by Crippen LogP contribution is -2.57. The fourth-order valence-electron chi connectivity index (χ4n) is 4.46. The van der Waals surface area contributed by atoms with Gasteiger partial charge in [-0.15, -0.1) is 0 Å². The van der Waals surface area contributed by atoms with Gasteiger partial charge in [-0.2, -0.15) is 13.2 Å². The summed E-state index contributed by atoms with van der Waals surface area (Å²) in [6.07, 6.45) is -4.11. The van der Waals surface area contributed by atoms with Crippen molar-refractivity contribution in [2.75, 3.05) is 44.9 Å². The van der Waals surface area contributed by atoms with Crippen LogP contribution in [0.3, 0.4) is 0 Å². The third kappa shape index (κ3) is 8.42. The lowest BCUT2D eigenvalue weighted by molar-refractivity contribution is -0.140. The Hall–Kier alpha value is -3.67. The molecule has 0 aromatic heterocycles. The van der Waals surface area contributed by atoms with Crippen LogP contribution in [0.5, 0.6) is 11.5 Å². The quantitative estimate of drug-likeness (QED) is 0.218. The van der Waals surface area contributed by atoms with E-state index in [2.05, 4.69) is 5.32 Å². The number of hydrogen-bond donors (Lipinski definition) is 1. The Morgan fingerprint density at radius 1 is 0.976 bits per heavy atom. The molecule has 1 unspecified atom stereocenters. The zero-order valence-corrected chi connectivity index (χ0v) is 22.6. The average molecular weight is 577 g/mol. The van der Waals surface area contributed by atoms with Crippen molar-refractivity contribution in [3.63, 3.8) is 0 Å². The van der Waals surface area contributed by atoms with E-state index in [4.69, 9.17) is 18.9 Å². The molecule has 220 valence electrons. The highest BCUT2D eigenvalue weighted by Crippen LogP contribution is 2.32. The van der Waals surface area contributed by atoms with Crippen LogP contribution < -0.4 is 19.7 Å². The molecule has 1 heterocycles. The molecule has 41 heavy (non-hydrogen) atoms. The first-order chi connectivity index (χ1) is 19.8. The first-order valence-electron chi connectivity index (χ1n) is 13.1. The van der Waals surface area contributed by atoms with Gasteiger partial charge in [0.25, 0.3) is 0 Å². The zero-order chi connectivity index (χ0) is 29.2. The molecule has 1 fully saturated rings. The van der Waals surface area contributed by atoms with E-state index in [0.29, 0.717) is 44.2 Å². The molecule has 3 aromatic carbocycles. The molecule has 7 nitrogen and oxygen atoms in total. The molecule has 1 amide bonds. The molecule has 11 heteroatoms. The molecule has 3 aromatic rings. The zero-order valence-electron chi connectivity index (χ0n) is 22.6. The Morgan fingerprint density at radius 2 is 1.76 bits per heavy atom. The lowest BCUT2D eigenvalue weighted by Gasteiger charge is -2.36. The summed E-state index contributed by atoms with van der Waals surface area (Å²) in [5, 5.41) is 3.03. The van der Waals surface area contributed by atoms with Crippen LogP contribution in [-0.4, -0.2) is 52.0 Å². The van der Waals surface area contributed by atoms with Crippen LogP contribution >= 0.6 is 0 Å². The van der Waals surface area contributed by atoms with Crippen molar-refractivity contribution in [1.29, 1.82) is 0 Å². The number of hydrogen-bond acceptors (Lipinski definition) is 6. The maximum Gasteiger partial charge on any atom is 0.419 e. The minimum atomic E-state index is -4.79. The fourth-order valence-corrected chi connectivity index (χ4v) is 4.46. The Balaban J connectivity index is 1.25. The van der Waals surface area contributed by atoms with Crippen LogP contribution in [0.1, 0.15) is 23.1 Å². The first kappa shape index (κ1) is 30.3. The number of piperazine rings is 1. The van der Waals surface area contributed by atoms with Crippen LogP contribution in [0.15, 0.2) is 66.7 Å². The van der Waals surface area contributed by atoms with Crippen LogP contribution in [0, 0.1) is 5.82 Å². The smallest absolute Gasteiger partial charge is 0.419 e. The molecule has 0 bridgehead atoms. The third-order valence-electron chi connectivity index (χ3n) is 6.47. The number of amides is 1. The molecule has 0 radical (unpaired) electrons. The van der Waals surface area contributed by atoms with E-state index in [1.54, 1.807) is 36.3 Å². The van der Waals surface area contributed by atoms with Crippen molar-refractivity contribution in [3.05, 3.63) is 89.2 Å². The Labute approximate surface area is 236 Å². The second kappa shape index (κ2) is 14.3. The molecule has 0 aliphatic carbocycles. The van der Waals surface area contributed by atoms with Crippen LogP contribution in [-0.2, 0) is 33.7 Å². The number of alkyl halides is 3. The molecule has 1 saturated heterocycles. The summed E-state index contributed by atoms with van der Waals surface area (Å²) in [5.41, 5.74) is 0.479. The number of methoxy groups -OCH3 is 1. The number of halogens is 4. The molecule has 1 atom stereocenters. The van der Waals surface area contributed by atoms with Crippen molar-refractivity contribution in [1.82, 2.24) is 5.32 Å². The van der Waals surface area contributed by atoms with Gasteiger partial charge in [-0.25, -0.2) is 4.39 Å². The van der Waals surface area contributed by atoms with Gasteiger partial charge in [-0.1, -0.05) is 24.3 Å². The number of para-hydroxylation sites is 1. The van der Waals surface area contributed by atoms with Gasteiger partial charge in [0.05, 0.1) is 58.3 Å². The highest BCUT2D eigenvalue weighted by molar-refractivity contribution is 5.96. The largest absolute Gasteiger partial charge is 0.496 e. The average Bonchev–Trinajstić information content (AvgIpc) is 2.96. The van der Waals surface area contributed by atoms with Gasteiger partial charge in [0.15, 0.2) is 0 Å². The van der Waals surface area contributed by atoms with Gasteiger partial charge in [-0.05, 0) is 48.0 Å². The Kier molecular flexibility index (Phi) is 10.6. The highest BCUT2D eigenvalue weighted by Gasteiger charge is 2.34. The van der Waals surface area contributed by atoms with Gasteiger partial charge < -0.3 is 29.2 Å². The predicted octanol–water partition coefficient (Wildman–Crippen LogP) is 5.36. The molecule has 4 rings (SSSR count). The van der Waals surface area contributed by atoms with Crippen molar-refractivity contribution >= 4 is 11.6 Å². The van der Waals surface area contributed by atoms with Crippen molar-refractivity contribution in [3.8, 4) is 11.5 Å². The maximum atomic E-state index is 13.6. The number of nitrogens with one attached hydrogen (secondary N) is 1. The fraction of sp³-hybridized carbons (Fsp3) is 0.367. The number of carbonyl (C=O) groups excluding carboxylic acids is 1. The van der Waals surface area contributed by atoms with Crippen LogP contribution in [0.2, 0.25) is 0 Å². The van der Waals surface area contributed by atoms with Crippen LogP contribution in [0.25, 0.3) is 0 Å². The van der Waals surface area contributed by atoms with E-state index >= 15 is 0 Å². The minimum Gasteiger partial charge on any atom is -0.496 e. The second-order valence-corrected chi connectivity index (χ2v) is 9.44. The maximum absolute atomic E-state index is 13.6. The van der Waals surface area contributed by atoms with E-state index < -0.39 is 17.6 Å². The van der Waals surface area contributed by atoms with Gasteiger partial charge in [-0.3, -0.25) is 4.79 Å². The molecule has 1 N–H and O–H groups in total. The van der Waals surface area contributed by atoms with Gasteiger partial charge in [0.2, 0.25) is 5.91 Å². The van der Waals surface area contributed by atoms with Gasteiger partial charge >= 0.3 is 6.18 Å². The summed E-state index contributed by atoms with van der Waals surface area (Å²) >= 11 is 0. The summed E-state index contributed by atoms with van der Waals surface area (Å²) in [4.78, 5) is 14.3. The number of anilines is 1. The normalized spacial score (nSPS) is 15.7. The van der Waals surface area contributed by atoms with Crippen molar-refractivity contribution in [2.45, 2.75) is 31.9 Å². The van der Waals surface area contributed by atoms with E-state index in [0.717, 1.165) is 23.4 Å². The van der Waals surface area contributed by atoms with E-state index in [1.165, 1.54) is 6.07 Å². The van der Waals surface area contributed by atoms with Crippen LogP contribution in [0.4, 0.5) is 23.2 Å². The molecular weight excluding hydrogens is 544 g/mol. The molecular formula is C30H32F4N2O5. The molecule has 0 saturated carbocycles. The number of nitrogens with zero attached hydrogens (tertiary/aromatic N) is 1. The lowest BCUT2D eigenvalue weighted by atomic mass is 10.1. The number of rotatable bonds is 13. The highest BCUT2D eigenvalue weighted by atomic mass is 19.4. The summed E-state index contributed by atoms with van der Waals surface area (Å²) in [6, 6.07) is 17.2. The summed E-state index contributed by atoms with van der Waals surface area (Å²) in [5.74, 6) is -0.0649. The molecule has 1 aliphatic rings. The monoisotopic (exact) mass is 576 g/mol. The van der Waals surface area contributed by atoms with Gasteiger partial charge in [0, 0.05) is 24.2 Å². The van der Waals surface area contributed by atoms with Gasteiger partial charge in [0.1, 0.15) is 17.3 Å². The standard InChI is InChI=1S/C30H32F4N2O5/c1-38-28-6-3-2-5-22(28)19-39-13-4-14-41-25-10-8-23(9-11-25)36-24(16-35-17-29(36)37)20-40-18-21-7-12-27(31)26(15-21)30(32,33)34/h2-3,5-12,15,24,35H,4,13-14,16-20H2,1H3. The Morgan fingerprint density at radius 3 is 2.51 bits per heavy atom. The number of ether oxygens (including phenoxy) is 4.